The zero-order valence-corrected chi connectivity index (χ0v) is 7.42. The first-order valence-electron chi connectivity index (χ1n) is 3.88. The number of aryl methyl sites for hydroxylation is 2. The molecule has 0 bridgehead atoms. The first-order valence-corrected chi connectivity index (χ1v) is 3.88. The number of hydrogen-bond acceptors (Lipinski definition) is 1. The van der Waals surface area contributed by atoms with Crippen molar-refractivity contribution >= 4 is 12.4 Å². The lowest BCUT2D eigenvalue weighted by Crippen LogP contribution is -1.92. The fourth-order valence-electron chi connectivity index (χ4n) is 1.34. The Morgan fingerprint density at radius 3 is 2.50 bits per heavy atom. The van der Waals surface area contributed by atoms with Crippen LogP contribution in [0.1, 0.15) is 27.0 Å². The van der Waals surface area contributed by atoms with Crippen LogP contribution in [0, 0.1) is 13.8 Å². The van der Waals surface area contributed by atoms with Crippen LogP contribution < -0.4 is 0 Å². The summed E-state index contributed by atoms with van der Waals surface area (Å²) in [5.41, 5.74) is 3.84. The third-order valence-corrected chi connectivity index (χ3v) is 1.90. The molecule has 0 radical (unpaired) electrons. The number of benzene rings is 1. The number of carbonyl (C=O) groups is 1. The summed E-state index contributed by atoms with van der Waals surface area (Å²) in [5, 5.41) is 0. The molecule has 12 heavy (non-hydrogen) atoms. The van der Waals surface area contributed by atoms with Crippen molar-refractivity contribution < 1.29 is 4.79 Å². The van der Waals surface area contributed by atoms with Gasteiger partial charge in [-0.05, 0) is 25.0 Å². The molecular formula is C11H12O. The van der Waals surface area contributed by atoms with E-state index in [9.17, 15) is 4.79 Å². The highest BCUT2D eigenvalue weighted by Crippen LogP contribution is 2.15. The van der Waals surface area contributed by atoms with Gasteiger partial charge in [-0.3, -0.25) is 4.79 Å². The summed E-state index contributed by atoms with van der Waals surface area (Å²) in [5.74, 6) is 0. The summed E-state index contributed by atoms with van der Waals surface area (Å²) in [6.45, 7) is 7.61. The minimum Gasteiger partial charge on any atom is -0.298 e. The molecule has 0 atom stereocenters. The van der Waals surface area contributed by atoms with E-state index in [-0.39, 0.29) is 0 Å². The SMILES string of the molecule is C=Cc1cc(C)cc(C)c1C=O. The second-order valence-corrected chi connectivity index (χ2v) is 2.91. The van der Waals surface area contributed by atoms with Gasteiger partial charge in [0.1, 0.15) is 0 Å². The fourth-order valence-corrected chi connectivity index (χ4v) is 1.34. The van der Waals surface area contributed by atoms with Crippen molar-refractivity contribution in [2.75, 3.05) is 0 Å². The lowest BCUT2D eigenvalue weighted by atomic mass is 10.00. The molecule has 0 heterocycles. The van der Waals surface area contributed by atoms with Crippen LogP contribution in [0.3, 0.4) is 0 Å². The van der Waals surface area contributed by atoms with Crippen LogP contribution in [0.4, 0.5) is 0 Å². The van der Waals surface area contributed by atoms with E-state index >= 15 is 0 Å². The van der Waals surface area contributed by atoms with Crippen LogP contribution in [-0.4, -0.2) is 6.29 Å². The highest BCUT2D eigenvalue weighted by Gasteiger charge is 2.02. The highest BCUT2D eigenvalue weighted by atomic mass is 16.1. The first kappa shape index (κ1) is 8.72. The number of aldehydes is 1. The van der Waals surface area contributed by atoms with E-state index in [1.807, 2.05) is 26.0 Å². The largest absolute Gasteiger partial charge is 0.298 e. The van der Waals surface area contributed by atoms with E-state index in [0.717, 1.165) is 28.5 Å². The maximum Gasteiger partial charge on any atom is 0.150 e. The molecular weight excluding hydrogens is 148 g/mol. The zero-order valence-electron chi connectivity index (χ0n) is 7.42. The van der Waals surface area contributed by atoms with Gasteiger partial charge in [0.05, 0.1) is 0 Å². The summed E-state index contributed by atoms with van der Waals surface area (Å²) >= 11 is 0. The van der Waals surface area contributed by atoms with Gasteiger partial charge in [-0.2, -0.15) is 0 Å². The molecule has 0 spiro atoms. The van der Waals surface area contributed by atoms with Gasteiger partial charge in [0.2, 0.25) is 0 Å². The van der Waals surface area contributed by atoms with Gasteiger partial charge in [0, 0.05) is 5.56 Å². The highest BCUT2D eigenvalue weighted by molar-refractivity contribution is 5.83. The average Bonchev–Trinajstić information content (AvgIpc) is 2.03. The Morgan fingerprint density at radius 2 is 2.00 bits per heavy atom. The molecule has 0 saturated heterocycles. The number of carbonyl (C=O) groups excluding carboxylic acids is 1. The summed E-state index contributed by atoms with van der Waals surface area (Å²) in [6.07, 6.45) is 2.59. The van der Waals surface area contributed by atoms with Crippen LogP contribution in [-0.2, 0) is 0 Å². The van der Waals surface area contributed by atoms with Crippen LogP contribution >= 0.6 is 0 Å². The summed E-state index contributed by atoms with van der Waals surface area (Å²) < 4.78 is 0. The Kier molecular flexibility index (Phi) is 2.44. The van der Waals surface area contributed by atoms with Crippen molar-refractivity contribution in [3.8, 4) is 0 Å². The van der Waals surface area contributed by atoms with Crippen LogP contribution in [0.15, 0.2) is 18.7 Å². The van der Waals surface area contributed by atoms with Gasteiger partial charge in [-0.1, -0.05) is 30.4 Å². The van der Waals surface area contributed by atoms with Crippen LogP contribution in [0.5, 0.6) is 0 Å². The normalized spacial score (nSPS) is 9.50. The molecule has 1 rings (SSSR count). The van der Waals surface area contributed by atoms with Crippen LogP contribution in [0.2, 0.25) is 0 Å². The summed E-state index contributed by atoms with van der Waals surface area (Å²) in [7, 11) is 0. The Labute approximate surface area is 72.7 Å². The predicted octanol–water partition coefficient (Wildman–Crippen LogP) is 2.76. The molecule has 1 aromatic rings. The number of rotatable bonds is 2. The van der Waals surface area contributed by atoms with Crippen molar-refractivity contribution in [3.05, 3.63) is 41.0 Å². The second-order valence-electron chi connectivity index (χ2n) is 2.91. The lowest BCUT2D eigenvalue weighted by Gasteiger charge is -2.04. The standard InChI is InChI=1S/C11H12O/c1-4-10-6-8(2)5-9(3)11(10)7-12/h4-7H,1H2,2-3H3. The molecule has 0 aliphatic rings. The molecule has 0 N–H and O–H groups in total. The Bertz CT molecular complexity index is 324. The molecule has 1 nitrogen and oxygen atoms in total. The molecule has 0 amide bonds. The second kappa shape index (κ2) is 3.35. The molecule has 1 aromatic carbocycles. The maximum absolute atomic E-state index is 10.7. The topological polar surface area (TPSA) is 17.1 Å². The van der Waals surface area contributed by atoms with Gasteiger partial charge in [0.25, 0.3) is 0 Å². The smallest absolute Gasteiger partial charge is 0.150 e. The van der Waals surface area contributed by atoms with Crippen molar-refractivity contribution in [2.24, 2.45) is 0 Å². The maximum atomic E-state index is 10.7. The van der Waals surface area contributed by atoms with Gasteiger partial charge in [-0.15, -0.1) is 0 Å². The third kappa shape index (κ3) is 1.45. The fraction of sp³-hybridized carbons (Fsp3) is 0.182. The predicted molar refractivity (Wildman–Crippen MR) is 51.4 cm³/mol. The van der Waals surface area contributed by atoms with Crippen molar-refractivity contribution in [1.29, 1.82) is 0 Å². The quantitative estimate of drug-likeness (QED) is 0.608. The Balaban J connectivity index is 3.43. The van der Waals surface area contributed by atoms with Gasteiger partial charge in [-0.25, -0.2) is 0 Å². The van der Waals surface area contributed by atoms with Crippen molar-refractivity contribution in [2.45, 2.75) is 13.8 Å². The summed E-state index contributed by atoms with van der Waals surface area (Å²) in [6, 6.07) is 3.96. The van der Waals surface area contributed by atoms with E-state index in [0.29, 0.717) is 0 Å². The minimum absolute atomic E-state index is 0.746. The Morgan fingerprint density at radius 1 is 1.33 bits per heavy atom. The van der Waals surface area contributed by atoms with E-state index in [4.69, 9.17) is 0 Å². The monoisotopic (exact) mass is 160 g/mol. The third-order valence-electron chi connectivity index (χ3n) is 1.90. The van der Waals surface area contributed by atoms with Crippen LogP contribution in [0.25, 0.3) is 6.08 Å². The lowest BCUT2D eigenvalue weighted by molar-refractivity contribution is 0.112. The molecule has 0 fully saturated rings. The molecule has 0 aromatic heterocycles. The molecule has 0 aliphatic carbocycles. The van der Waals surface area contributed by atoms with E-state index < -0.39 is 0 Å². The van der Waals surface area contributed by atoms with Crippen molar-refractivity contribution in [3.63, 3.8) is 0 Å². The summed E-state index contributed by atoms with van der Waals surface area (Å²) in [4.78, 5) is 10.7. The average molecular weight is 160 g/mol. The zero-order chi connectivity index (χ0) is 9.14. The van der Waals surface area contributed by atoms with Gasteiger partial charge < -0.3 is 0 Å². The molecule has 0 saturated carbocycles. The molecule has 1 heteroatoms. The molecule has 62 valence electrons. The van der Waals surface area contributed by atoms with Gasteiger partial charge in [0.15, 0.2) is 6.29 Å². The first-order chi connectivity index (χ1) is 5.69. The van der Waals surface area contributed by atoms with E-state index in [1.165, 1.54) is 0 Å². The number of hydrogen-bond donors (Lipinski definition) is 0. The van der Waals surface area contributed by atoms with Crippen molar-refractivity contribution in [1.82, 2.24) is 0 Å². The molecule has 0 unspecified atom stereocenters. The molecule has 0 aliphatic heterocycles. The Hall–Kier alpha value is -1.37. The van der Waals surface area contributed by atoms with E-state index in [1.54, 1.807) is 6.08 Å². The van der Waals surface area contributed by atoms with E-state index in [2.05, 4.69) is 6.58 Å². The minimum atomic E-state index is 0.746. The van der Waals surface area contributed by atoms with Gasteiger partial charge >= 0.3 is 0 Å².